The van der Waals surface area contributed by atoms with Crippen molar-refractivity contribution in [3.8, 4) is 0 Å². The highest BCUT2D eigenvalue weighted by Gasteiger charge is 2.37. The SMILES string of the molecule is Cn1nnnc1SC1NC(=O)[C@H]1N. The van der Waals surface area contributed by atoms with Crippen LogP contribution in [0.3, 0.4) is 0 Å². The highest BCUT2D eigenvalue weighted by atomic mass is 32.2. The molecule has 1 aliphatic heterocycles. The summed E-state index contributed by atoms with van der Waals surface area (Å²) in [7, 11) is 1.73. The molecule has 1 aliphatic rings. The smallest absolute Gasteiger partial charge is 0.240 e. The molecule has 1 saturated heterocycles. The summed E-state index contributed by atoms with van der Waals surface area (Å²) in [5.41, 5.74) is 5.52. The number of hydrogen-bond donors (Lipinski definition) is 2. The summed E-state index contributed by atoms with van der Waals surface area (Å²) in [5, 5.41) is 14.0. The molecule has 2 atom stereocenters. The molecular formula is C5H8N6OS. The van der Waals surface area contributed by atoms with Gasteiger partial charge in [0.05, 0.1) is 0 Å². The Hall–Kier alpha value is -1.15. The van der Waals surface area contributed by atoms with Crippen LogP contribution in [0.4, 0.5) is 0 Å². The van der Waals surface area contributed by atoms with E-state index in [1.54, 1.807) is 7.05 Å². The van der Waals surface area contributed by atoms with Crippen LogP contribution < -0.4 is 11.1 Å². The monoisotopic (exact) mass is 200 g/mol. The summed E-state index contributed by atoms with van der Waals surface area (Å²) in [4.78, 5) is 10.7. The second-order valence-corrected chi connectivity index (χ2v) is 3.77. The van der Waals surface area contributed by atoms with Gasteiger partial charge in [0, 0.05) is 7.05 Å². The predicted molar refractivity (Wildman–Crippen MR) is 44.6 cm³/mol. The molecule has 1 aromatic rings. The van der Waals surface area contributed by atoms with E-state index in [2.05, 4.69) is 20.8 Å². The molecule has 0 aromatic carbocycles. The lowest BCUT2D eigenvalue weighted by atomic mass is 10.2. The van der Waals surface area contributed by atoms with Crippen molar-refractivity contribution in [1.29, 1.82) is 0 Å². The summed E-state index contributed by atoms with van der Waals surface area (Å²) in [6, 6.07) is -0.457. The number of aryl methyl sites for hydroxylation is 1. The minimum Gasteiger partial charge on any atom is -0.340 e. The molecular weight excluding hydrogens is 192 g/mol. The van der Waals surface area contributed by atoms with Gasteiger partial charge in [0.2, 0.25) is 11.1 Å². The minimum atomic E-state index is -0.457. The van der Waals surface area contributed by atoms with Crippen molar-refractivity contribution in [2.24, 2.45) is 12.8 Å². The summed E-state index contributed by atoms with van der Waals surface area (Å²) in [6.45, 7) is 0. The van der Waals surface area contributed by atoms with E-state index in [4.69, 9.17) is 5.73 Å². The van der Waals surface area contributed by atoms with Crippen molar-refractivity contribution in [1.82, 2.24) is 25.5 Å². The van der Waals surface area contributed by atoms with Gasteiger partial charge in [-0.15, -0.1) is 5.10 Å². The van der Waals surface area contributed by atoms with Gasteiger partial charge in [-0.1, -0.05) is 11.8 Å². The maximum absolute atomic E-state index is 10.7. The first-order chi connectivity index (χ1) is 6.18. The van der Waals surface area contributed by atoms with Crippen LogP contribution in [0.1, 0.15) is 0 Å². The molecule has 1 fully saturated rings. The molecule has 3 N–H and O–H groups in total. The van der Waals surface area contributed by atoms with Crippen molar-refractivity contribution in [2.45, 2.75) is 16.6 Å². The number of aromatic nitrogens is 4. The lowest BCUT2D eigenvalue weighted by Crippen LogP contribution is -2.65. The number of carbonyl (C=O) groups is 1. The lowest BCUT2D eigenvalue weighted by Gasteiger charge is -2.32. The molecule has 1 amide bonds. The number of β-lactam (4-membered cyclic amide) rings is 1. The quantitative estimate of drug-likeness (QED) is 0.540. The number of nitrogens with zero attached hydrogens (tertiary/aromatic N) is 4. The van der Waals surface area contributed by atoms with E-state index in [0.717, 1.165) is 0 Å². The summed E-state index contributed by atoms with van der Waals surface area (Å²) in [5.74, 6) is -0.132. The second kappa shape index (κ2) is 2.96. The molecule has 0 aliphatic carbocycles. The summed E-state index contributed by atoms with van der Waals surface area (Å²) >= 11 is 1.35. The van der Waals surface area contributed by atoms with Crippen molar-refractivity contribution in [2.75, 3.05) is 0 Å². The number of nitrogens with one attached hydrogen (secondary N) is 1. The number of amides is 1. The molecule has 0 bridgehead atoms. The van der Waals surface area contributed by atoms with E-state index in [1.807, 2.05) is 0 Å². The van der Waals surface area contributed by atoms with Gasteiger partial charge < -0.3 is 11.1 Å². The van der Waals surface area contributed by atoms with E-state index in [0.29, 0.717) is 5.16 Å². The Morgan fingerprint density at radius 2 is 2.46 bits per heavy atom. The average Bonchev–Trinajstić information content (AvgIpc) is 2.51. The molecule has 0 radical (unpaired) electrons. The molecule has 1 aromatic heterocycles. The van der Waals surface area contributed by atoms with E-state index in [-0.39, 0.29) is 11.3 Å². The van der Waals surface area contributed by atoms with Crippen LogP contribution >= 0.6 is 11.8 Å². The average molecular weight is 200 g/mol. The first-order valence-electron chi connectivity index (χ1n) is 3.63. The van der Waals surface area contributed by atoms with Crippen molar-refractivity contribution in [3.05, 3.63) is 0 Å². The molecule has 70 valence electrons. The molecule has 7 nitrogen and oxygen atoms in total. The number of tetrazole rings is 1. The number of nitrogens with two attached hydrogens (primary N) is 1. The van der Waals surface area contributed by atoms with Crippen molar-refractivity contribution in [3.63, 3.8) is 0 Å². The third kappa shape index (κ3) is 1.38. The highest BCUT2D eigenvalue weighted by molar-refractivity contribution is 7.99. The zero-order chi connectivity index (χ0) is 9.42. The van der Waals surface area contributed by atoms with Crippen LogP contribution in [-0.2, 0) is 11.8 Å². The van der Waals surface area contributed by atoms with E-state index < -0.39 is 6.04 Å². The second-order valence-electron chi connectivity index (χ2n) is 2.66. The van der Waals surface area contributed by atoms with Crippen molar-refractivity contribution < 1.29 is 4.79 Å². The van der Waals surface area contributed by atoms with Gasteiger partial charge in [0.25, 0.3) is 0 Å². The Balaban J connectivity index is 2.00. The van der Waals surface area contributed by atoms with E-state index >= 15 is 0 Å². The fourth-order valence-electron chi connectivity index (χ4n) is 0.905. The van der Waals surface area contributed by atoms with E-state index in [1.165, 1.54) is 16.4 Å². The van der Waals surface area contributed by atoms with Crippen LogP contribution in [0.2, 0.25) is 0 Å². The highest BCUT2D eigenvalue weighted by Crippen LogP contribution is 2.24. The van der Waals surface area contributed by atoms with Gasteiger partial charge in [-0.3, -0.25) is 4.79 Å². The summed E-state index contributed by atoms with van der Waals surface area (Å²) < 4.78 is 1.53. The van der Waals surface area contributed by atoms with Gasteiger partial charge in [0.1, 0.15) is 11.4 Å². The normalized spacial score (nSPS) is 26.8. The number of carbonyl (C=O) groups excluding carboxylic acids is 1. The van der Waals surface area contributed by atoms with Gasteiger partial charge in [0.15, 0.2) is 0 Å². The fourth-order valence-corrected chi connectivity index (χ4v) is 1.85. The molecule has 2 heterocycles. The Labute approximate surface area is 78.0 Å². The van der Waals surface area contributed by atoms with Crippen LogP contribution in [0, 0.1) is 0 Å². The number of thioether (sulfide) groups is 1. The van der Waals surface area contributed by atoms with Crippen molar-refractivity contribution >= 4 is 17.7 Å². The maximum atomic E-state index is 10.7. The Bertz CT molecular complexity index is 338. The van der Waals surface area contributed by atoms with E-state index in [9.17, 15) is 4.79 Å². The maximum Gasteiger partial charge on any atom is 0.240 e. The minimum absolute atomic E-state index is 0.114. The fraction of sp³-hybridized carbons (Fsp3) is 0.600. The molecule has 0 spiro atoms. The molecule has 1 unspecified atom stereocenters. The Morgan fingerprint density at radius 1 is 1.69 bits per heavy atom. The zero-order valence-corrected chi connectivity index (χ0v) is 7.65. The standard InChI is InChI=1S/C5H8N6OS/c1-11-5(8-9-10-11)13-4-2(6)3(12)7-4/h2,4H,6H2,1H3,(H,7,12)/t2-,4?/m1/s1. The number of hydrogen-bond acceptors (Lipinski definition) is 6. The largest absolute Gasteiger partial charge is 0.340 e. The molecule has 0 saturated carbocycles. The first-order valence-corrected chi connectivity index (χ1v) is 4.51. The van der Waals surface area contributed by atoms with Gasteiger partial charge in [-0.25, -0.2) is 4.68 Å². The first kappa shape index (κ1) is 8.45. The Kier molecular flexibility index (Phi) is 1.93. The van der Waals surface area contributed by atoms with Crippen LogP contribution in [0.5, 0.6) is 0 Å². The number of rotatable bonds is 2. The van der Waals surface area contributed by atoms with Crippen LogP contribution in [0.15, 0.2) is 5.16 Å². The third-order valence-corrected chi connectivity index (χ3v) is 2.95. The molecule has 2 rings (SSSR count). The topological polar surface area (TPSA) is 98.7 Å². The van der Waals surface area contributed by atoms with Crippen LogP contribution in [0.25, 0.3) is 0 Å². The zero-order valence-electron chi connectivity index (χ0n) is 6.84. The summed E-state index contributed by atoms with van der Waals surface area (Å²) in [6.07, 6.45) is 0. The Morgan fingerprint density at radius 3 is 2.92 bits per heavy atom. The third-order valence-electron chi connectivity index (χ3n) is 1.73. The molecule has 13 heavy (non-hydrogen) atoms. The predicted octanol–water partition coefficient (Wildman–Crippen LogP) is -1.91. The molecule has 8 heteroatoms. The van der Waals surface area contributed by atoms with Gasteiger partial charge in [-0.05, 0) is 10.4 Å². The van der Waals surface area contributed by atoms with Crippen LogP contribution in [-0.4, -0.2) is 37.5 Å². The van der Waals surface area contributed by atoms with Gasteiger partial charge >= 0.3 is 0 Å². The lowest BCUT2D eigenvalue weighted by molar-refractivity contribution is -0.128. The van der Waals surface area contributed by atoms with Gasteiger partial charge in [-0.2, -0.15) is 0 Å².